The first-order chi connectivity index (χ1) is 7.83. The number of anilines is 1. The Balaban J connectivity index is 1.67. The van der Waals surface area contributed by atoms with Gasteiger partial charge in [0, 0.05) is 30.0 Å². The van der Waals surface area contributed by atoms with Gasteiger partial charge in [-0.2, -0.15) is 0 Å². The largest absolute Gasteiger partial charge is 0.352 e. The highest BCUT2D eigenvalue weighted by atomic mass is 79.9. The van der Waals surface area contributed by atoms with Crippen LogP contribution in [0.5, 0.6) is 0 Å². The molecular weight excluding hydrogens is 270 g/mol. The fraction of sp³-hybridized carbons (Fsp3) is 0.300. The Kier molecular flexibility index (Phi) is 2.36. The molecule has 1 aliphatic rings. The molecule has 0 saturated carbocycles. The van der Waals surface area contributed by atoms with Gasteiger partial charge in [-0.05, 0) is 28.1 Å². The van der Waals surface area contributed by atoms with Crippen molar-refractivity contribution in [3.63, 3.8) is 0 Å². The van der Waals surface area contributed by atoms with E-state index in [4.69, 9.17) is 0 Å². The summed E-state index contributed by atoms with van der Waals surface area (Å²) in [5.74, 6) is 1.01. The first-order valence-corrected chi connectivity index (χ1v) is 5.84. The van der Waals surface area contributed by atoms with Crippen molar-refractivity contribution in [1.82, 2.24) is 20.0 Å². The third kappa shape index (κ3) is 1.69. The lowest BCUT2D eigenvalue weighted by Crippen LogP contribution is -2.48. The number of hydrogen-bond acceptors (Lipinski definition) is 4. The van der Waals surface area contributed by atoms with E-state index in [1.165, 1.54) is 0 Å². The highest BCUT2D eigenvalue weighted by molar-refractivity contribution is 9.10. The number of hydrogen-bond donors (Lipinski definition) is 0. The molecule has 2 aromatic heterocycles. The average molecular weight is 280 g/mol. The molecular formula is C10H10BrN5. The molecule has 5 nitrogen and oxygen atoms in total. The van der Waals surface area contributed by atoms with E-state index in [1.807, 2.05) is 29.2 Å². The van der Waals surface area contributed by atoms with Crippen molar-refractivity contribution in [2.75, 3.05) is 18.0 Å². The Morgan fingerprint density at radius 2 is 2.19 bits per heavy atom. The quantitative estimate of drug-likeness (QED) is 0.836. The number of halogens is 1. The van der Waals surface area contributed by atoms with Gasteiger partial charge in [-0.1, -0.05) is 5.21 Å². The van der Waals surface area contributed by atoms with Crippen LogP contribution in [0.25, 0.3) is 0 Å². The Morgan fingerprint density at radius 1 is 1.31 bits per heavy atom. The van der Waals surface area contributed by atoms with Gasteiger partial charge >= 0.3 is 0 Å². The fourth-order valence-electron chi connectivity index (χ4n) is 1.78. The van der Waals surface area contributed by atoms with Crippen LogP contribution in [0.3, 0.4) is 0 Å². The van der Waals surface area contributed by atoms with Crippen LogP contribution in [0.15, 0.2) is 35.2 Å². The average Bonchev–Trinajstić information content (AvgIpc) is 2.72. The van der Waals surface area contributed by atoms with Gasteiger partial charge in [-0.25, -0.2) is 9.67 Å². The van der Waals surface area contributed by atoms with Crippen LogP contribution in [0.4, 0.5) is 5.82 Å². The minimum atomic E-state index is 0.424. The van der Waals surface area contributed by atoms with Crippen molar-refractivity contribution in [2.24, 2.45) is 0 Å². The van der Waals surface area contributed by atoms with E-state index in [9.17, 15) is 0 Å². The third-order valence-electron chi connectivity index (χ3n) is 2.71. The Bertz CT molecular complexity index is 460. The molecule has 3 rings (SSSR count). The van der Waals surface area contributed by atoms with Crippen LogP contribution in [0, 0.1) is 0 Å². The minimum absolute atomic E-state index is 0.424. The molecule has 0 N–H and O–H groups in total. The van der Waals surface area contributed by atoms with E-state index in [1.54, 1.807) is 6.20 Å². The summed E-state index contributed by atoms with van der Waals surface area (Å²) in [5, 5.41) is 7.80. The van der Waals surface area contributed by atoms with Gasteiger partial charge in [-0.15, -0.1) is 5.10 Å². The third-order valence-corrected chi connectivity index (χ3v) is 3.18. The van der Waals surface area contributed by atoms with Gasteiger partial charge in [0.05, 0.1) is 12.2 Å². The van der Waals surface area contributed by atoms with Gasteiger partial charge in [0.1, 0.15) is 5.82 Å². The van der Waals surface area contributed by atoms with Crippen molar-refractivity contribution < 1.29 is 0 Å². The molecule has 1 saturated heterocycles. The summed E-state index contributed by atoms with van der Waals surface area (Å²) < 4.78 is 2.90. The van der Waals surface area contributed by atoms with Gasteiger partial charge in [0.15, 0.2) is 0 Å². The predicted octanol–water partition coefficient (Wildman–Crippen LogP) is 1.50. The van der Waals surface area contributed by atoms with E-state index >= 15 is 0 Å². The molecule has 0 atom stereocenters. The second kappa shape index (κ2) is 3.86. The number of aromatic nitrogens is 4. The predicted molar refractivity (Wildman–Crippen MR) is 63.2 cm³/mol. The molecule has 6 heteroatoms. The lowest BCUT2D eigenvalue weighted by molar-refractivity contribution is 0.359. The zero-order chi connectivity index (χ0) is 11.0. The highest BCUT2D eigenvalue weighted by Crippen LogP contribution is 2.25. The Labute approximate surface area is 101 Å². The highest BCUT2D eigenvalue weighted by Gasteiger charge is 2.29. The summed E-state index contributed by atoms with van der Waals surface area (Å²) in [6.45, 7) is 1.88. The number of pyridine rings is 1. The van der Waals surface area contributed by atoms with Crippen molar-refractivity contribution >= 4 is 21.7 Å². The summed E-state index contributed by atoms with van der Waals surface area (Å²) >= 11 is 3.37. The van der Waals surface area contributed by atoms with Crippen LogP contribution >= 0.6 is 15.9 Å². The van der Waals surface area contributed by atoms with Crippen molar-refractivity contribution in [2.45, 2.75) is 6.04 Å². The van der Waals surface area contributed by atoms with Gasteiger partial charge in [-0.3, -0.25) is 0 Å². The number of rotatable bonds is 2. The van der Waals surface area contributed by atoms with E-state index in [2.05, 4.69) is 36.1 Å². The molecule has 16 heavy (non-hydrogen) atoms. The summed E-state index contributed by atoms with van der Waals surface area (Å²) in [4.78, 5) is 6.57. The summed E-state index contributed by atoms with van der Waals surface area (Å²) in [5.41, 5.74) is 0. The van der Waals surface area contributed by atoms with Gasteiger partial charge in [0.25, 0.3) is 0 Å². The second-order valence-corrected chi connectivity index (χ2v) is 4.69. The summed E-state index contributed by atoms with van der Waals surface area (Å²) in [6, 6.07) is 4.44. The van der Waals surface area contributed by atoms with E-state index in [0.29, 0.717) is 6.04 Å². The van der Waals surface area contributed by atoms with Gasteiger partial charge < -0.3 is 4.90 Å². The Morgan fingerprint density at radius 3 is 2.81 bits per heavy atom. The smallest absolute Gasteiger partial charge is 0.128 e. The maximum absolute atomic E-state index is 4.35. The zero-order valence-electron chi connectivity index (χ0n) is 8.49. The first kappa shape index (κ1) is 9.77. The molecule has 1 fully saturated rings. The molecule has 0 spiro atoms. The second-order valence-electron chi connectivity index (χ2n) is 3.78. The van der Waals surface area contributed by atoms with E-state index < -0.39 is 0 Å². The Hall–Kier alpha value is -1.43. The van der Waals surface area contributed by atoms with E-state index in [0.717, 1.165) is 23.4 Å². The molecule has 0 aromatic carbocycles. The zero-order valence-corrected chi connectivity index (χ0v) is 10.1. The molecule has 0 aliphatic carbocycles. The molecule has 0 radical (unpaired) electrons. The van der Waals surface area contributed by atoms with Crippen LogP contribution in [0.2, 0.25) is 0 Å². The molecule has 1 aliphatic heterocycles. The van der Waals surface area contributed by atoms with Crippen LogP contribution in [0.1, 0.15) is 6.04 Å². The maximum atomic E-state index is 4.35. The van der Waals surface area contributed by atoms with E-state index in [-0.39, 0.29) is 0 Å². The lowest BCUT2D eigenvalue weighted by Gasteiger charge is -2.39. The molecule has 3 heterocycles. The molecule has 2 aromatic rings. The normalized spacial score (nSPS) is 16.2. The van der Waals surface area contributed by atoms with Crippen molar-refractivity contribution in [1.29, 1.82) is 0 Å². The minimum Gasteiger partial charge on any atom is -0.352 e. The molecule has 0 unspecified atom stereocenters. The van der Waals surface area contributed by atoms with Gasteiger partial charge in [0.2, 0.25) is 0 Å². The van der Waals surface area contributed by atoms with Crippen LogP contribution in [-0.4, -0.2) is 33.1 Å². The van der Waals surface area contributed by atoms with Crippen molar-refractivity contribution in [3.05, 3.63) is 35.2 Å². The molecule has 82 valence electrons. The fourth-order valence-corrected chi connectivity index (χ4v) is 2.01. The van der Waals surface area contributed by atoms with Crippen LogP contribution < -0.4 is 4.90 Å². The van der Waals surface area contributed by atoms with Crippen LogP contribution in [-0.2, 0) is 0 Å². The monoisotopic (exact) mass is 279 g/mol. The first-order valence-electron chi connectivity index (χ1n) is 5.05. The summed E-state index contributed by atoms with van der Waals surface area (Å²) in [6.07, 6.45) is 5.43. The standard InChI is InChI=1S/C10H10BrN5/c11-8-1-2-10(12-5-8)15-6-9(7-15)16-4-3-13-14-16/h1-5,9H,6-7H2. The SMILES string of the molecule is Brc1ccc(N2CC(n3ccnn3)C2)nc1. The molecule has 0 amide bonds. The lowest BCUT2D eigenvalue weighted by atomic mass is 10.1. The molecule has 0 bridgehead atoms. The summed E-state index contributed by atoms with van der Waals surface area (Å²) in [7, 11) is 0. The number of nitrogens with zero attached hydrogens (tertiary/aromatic N) is 5. The van der Waals surface area contributed by atoms with Crippen molar-refractivity contribution in [3.8, 4) is 0 Å². The maximum Gasteiger partial charge on any atom is 0.128 e. The topological polar surface area (TPSA) is 46.8 Å².